The molecule has 0 heterocycles. The summed E-state index contributed by atoms with van der Waals surface area (Å²) in [5.41, 5.74) is 0.824. The molecule has 22 heavy (non-hydrogen) atoms. The summed E-state index contributed by atoms with van der Waals surface area (Å²) in [7, 11) is 0. The highest BCUT2D eigenvalue weighted by molar-refractivity contribution is 7.98. The van der Waals surface area contributed by atoms with Crippen molar-refractivity contribution in [1.29, 1.82) is 0 Å². The van der Waals surface area contributed by atoms with Crippen LogP contribution in [0.3, 0.4) is 0 Å². The highest BCUT2D eigenvalue weighted by atomic mass is 32.2. The molecule has 4 nitrogen and oxygen atoms in total. The summed E-state index contributed by atoms with van der Waals surface area (Å²) in [4.78, 5) is 24.5. The second-order valence-corrected chi connectivity index (χ2v) is 6.49. The summed E-state index contributed by atoms with van der Waals surface area (Å²) < 4.78 is 0. The Morgan fingerprint density at radius 1 is 1.23 bits per heavy atom. The second-order valence-electron chi connectivity index (χ2n) is 5.61. The number of rotatable bonds is 8. The van der Waals surface area contributed by atoms with Crippen LogP contribution in [0.5, 0.6) is 0 Å². The molecule has 0 spiro atoms. The normalized spacial score (nSPS) is 14.9. The number of thioether (sulfide) groups is 1. The van der Waals surface area contributed by atoms with Crippen LogP contribution in [-0.4, -0.2) is 23.2 Å². The van der Waals surface area contributed by atoms with E-state index in [1.165, 1.54) is 0 Å². The first kappa shape index (κ1) is 18.6. The summed E-state index contributed by atoms with van der Waals surface area (Å²) in [5.74, 6) is -0.874. The van der Waals surface area contributed by atoms with Gasteiger partial charge in [-0.2, -0.15) is 0 Å². The quantitative estimate of drug-likeness (QED) is 0.716. The van der Waals surface area contributed by atoms with Crippen molar-refractivity contribution in [2.75, 3.05) is 6.26 Å². The zero-order valence-electron chi connectivity index (χ0n) is 13.6. The van der Waals surface area contributed by atoms with E-state index in [9.17, 15) is 9.59 Å². The maximum absolute atomic E-state index is 12.3. The standard InChI is InChI=1S/C17H25NO3S/c1-5-11(2)12(3)17(21)18-15(10-16(19)20)13-6-8-14(22-4)9-7-13/h6-9,11-12,15H,5,10H2,1-4H3,(H,18,21)(H,19,20). The van der Waals surface area contributed by atoms with Crippen molar-refractivity contribution in [2.45, 2.75) is 44.6 Å². The first-order valence-electron chi connectivity index (χ1n) is 7.55. The van der Waals surface area contributed by atoms with Crippen LogP contribution in [0, 0.1) is 11.8 Å². The number of aliphatic carboxylic acids is 1. The van der Waals surface area contributed by atoms with E-state index in [0.29, 0.717) is 0 Å². The molecular formula is C17H25NO3S. The maximum Gasteiger partial charge on any atom is 0.305 e. The highest BCUT2D eigenvalue weighted by Crippen LogP contribution is 2.23. The zero-order chi connectivity index (χ0) is 16.7. The van der Waals surface area contributed by atoms with Crippen molar-refractivity contribution in [3.05, 3.63) is 29.8 Å². The van der Waals surface area contributed by atoms with E-state index >= 15 is 0 Å². The molecule has 0 aromatic heterocycles. The fraction of sp³-hybridized carbons (Fsp3) is 0.529. The van der Waals surface area contributed by atoms with Gasteiger partial charge in [-0.1, -0.05) is 39.3 Å². The van der Waals surface area contributed by atoms with Crippen molar-refractivity contribution in [2.24, 2.45) is 11.8 Å². The molecule has 2 N–H and O–H groups in total. The Labute approximate surface area is 136 Å². The van der Waals surface area contributed by atoms with Crippen LogP contribution < -0.4 is 5.32 Å². The maximum atomic E-state index is 12.3. The molecule has 1 aromatic rings. The minimum absolute atomic E-state index is 0.0884. The number of carbonyl (C=O) groups excluding carboxylic acids is 1. The third-order valence-electron chi connectivity index (χ3n) is 4.12. The first-order chi connectivity index (χ1) is 10.4. The van der Waals surface area contributed by atoms with Crippen molar-refractivity contribution < 1.29 is 14.7 Å². The van der Waals surface area contributed by atoms with Crippen molar-refractivity contribution in [1.82, 2.24) is 5.32 Å². The topological polar surface area (TPSA) is 66.4 Å². The van der Waals surface area contributed by atoms with Crippen LogP contribution in [0.1, 0.15) is 45.2 Å². The molecule has 0 saturated heterocycles. The largest absolute Gasteiger partial charge is 0.481 e. The van der Waals surface area contributed by atoms with E-state index in [1.54, 1.807) is 11.8 Å². The van der Waals surface area contributed by atoms with Gasteiger partial charge in [-0.05, 0) is 29.9 Å². The number of carboxylic acids is 1. The Hall–Kier alpha value is -1.49. The summed E-state index contributed by atoms with van der Waals surface area (Å²) >= 11 is 1.63. The molecule has 1 rings (SSSR count). The lowest BCUT2D eigenvalue weighted by Crippen LogP contribution is -2.36. The molecule has 0 aliphatic carbocycles. The first-order valence-corrected chi connectivity index (χ1v) is 8.77. The summed E-state index contributed by atoms with van der Waals surface area (Å²) in [6.45, 7) is 5.96. The molecule has 0 radical (unpaired) electrons. The van der Waals surface area contributed by atoms with Gasteiger partial charge in [0.15, 0.2) is 0 Å². The fourth-order valence-corrected chi connectivity index (χ4v) is 2.59. The van der Waals surface area contributed by atoms with Gasteiger partial charge in [0.05, 0.1) is 12.5 Å². The van der Waals surface area contributed by atoms with Gasteiger partial charge < -0.3 is 10.4 Å². The molecule has 3 atom stereocenters. The van der Waals surface area contributed by atoms with Crippen molar-refractivity contribution >= 4 is 23.6 Å². The Morgan fingerprint density at radius 3 is 2.27 bits per heavy atom. The monoisotopic (exact) mass is 323 g/mol. The van der Waals surface area contributed by atoms with Crippen LogP contribution >= 0.6 is 11.8 Å². The number of hydrogen-bond donors (Lipinski definition) is 2. The van der Waals surface area contributed by atoms with E-state index in [0.717, 1.165) is 16.9 Å². The Morgan fingerprint density at radius 2 is 1.82 bits per heavy atom. The molecule has 1 aromatic carbocycles. The highest BCUT2D eigenvalue weighted by Gasteiger charge is 2.24. The predicted molar refractivity (Wildman–Crippen MR) is 90.0 cm³/mol. The summed E-state index contributed by atoms with van der Waals surface area (Å²) in [5, 5.41) is 12.0. The molecule has 1 amide bonds. The van der Waals surface area contributed by atoms with Gasteiger partial charge in [-0.25, -0.2) is 0 Å². The van der Waals surface area contributed by atoms with Crippen LogP contribution in [0.15, 0.2) is 29.2 Å². The van der Waals surface area contributed by atoms with Gasteiger partial charge in [0.1, 0.15) is 0 Å². The van der Waals surface area contributed by atoms with Gasteiger partial charge in [-0.3, -0.25) is 9.59 Å². The average molecular weight is 323 g/mol. The third-order valence-corrected chi connectivity index (χ3v) is 4.87. The SMILES string of the molecule is CCC(C)C(C)C(=O)NC(CC(=O)O)c1ccc(SC)cc1. The fourth-order valence-electron chi connectivity index (χ4n) is 2.18. The predicted octanol–water partition coefficient (Wildman–Crippen LogP) is 3.72. The molecule has 0 fully saturated rings. The second kappa shape index (κ2) is 8.83. The van der Waals surface area contributed by atoms with Crippen LogP contribution in [-0.2, 0) is 9.59 Å². The lowest BCUT2D eigenvalue weighted by Gasteiger charge is -2.23. The van der Waals surface area contributed by atoms with E-state index in [2.05, 4.69) is 5.32 Å². The van der Waals surface area contributed by atoms with Gasteiger partial charge in [0.2, 0.25) is 5.91 Å². The lowest BCUT2D eigenvalue weighted by atomic mass is 9.92. The minimum atomic E-state index is -0.921. The van der Waals surface area contributed by atoms with E-state index in [1.807, 2.05) is 51.3 Å². The van der Waals surface area contributed by atoms with Crippen molar-refractivity contribution in [3.63, 3.8) is 0 Å². The molecule has 0 saturated carbocycles. The van der Waals surface area contributed by atoms with Crippen LogP contribution in [0.25, 0.3) is 0 Å². The Balaban J connectivity index is 2.88. The number of nitrogens with one attached hydrogen (secondary N) is 1. The van der Waals surface area contributed by atoms with E-state index in [-0.39, 0.29) is 24.2 Å². The number of benzene rings is 1. The molecule has 0 aliphatic heterocycles. The van der Waals surface area contributed by atoms with Crippen molar-refractivity contribution in [3.8, 4) is 0 Å². The zero-order valence-corrected chi connectivity index (χ0v) is 14.4. The number of amides is 1. The number of carbonyl (C=O) groups is 2. The van der Waals surface area contributed by atoms with Gasteiger partial charge in [-0.15, -0.1) is 11.8 Å². The molecule has 5 heteroatoms. The smallest absolute Gasteiger partial charge is 0.305 e. The van der Waals surface area contributed by atoms with Gasteiger partial charge >= 0.3 is 5.97 Å². The Bertz CT molecular complexity index is 501. The minimum Gasteiger partial charge on any atom is -0.481 e. The van der Waals surface area contributed by atoms with Crippen LogP contribution in [0.2, 0.25) is 0 Å². The summed E-state index contributed by atoms with van der Waals surface area (Å²) in [6.07, 6.45) is 2.79. The number of hydrogen-bond acceptors (Lipinski definition) is 3. The summed E-state index contributed by atoms with van der Waals surface area (Å²) in [6, 6.07) is 7.16. The molecule has 3 unspecified atom stereocenters. The van der Waals surface area contributed by atoms with Crippen LogP contribution in [0.4, 0.5) is 0 Å². The molecule has 122 valence electrons. The van der Waals surface area contributed by atoms with E-state index < -0.39 is 12.0 Å². The molecular weight excluding hydrogens is 298 g/mol. The van der Waals surface area contributed by atoms with E-state index in [4.69, 9.17) is 5.11 Å². The number of carboxylic acid groups (broad SMARTS) is 1. The molecule has 0 aliphatic rings. The molecule has 0 bridgehead atoms. The average Bonchev–Trinajstić information content (AvgIpc) is 2.52. The lowest BCUT2D eigenvalue weighted by molar-refractivity contribution is -0.138. The van der Waals surface area contributed by atoms with Gasteiger partial charge in [0.25, 0.3) is 0 Å². The third kappa shape index (κ3) is 5.37. The van der Waals surface area contributed by atoms with Gasteiger partial charge in [0, 0.05) is 10.8 Å². The Kier molecular flexibility index (Phi) is 7.45.